The molecule has 1 aromatic carbocycles. The van der Waals surface area contributed by atoms with E-state index < -0.39 is 6.04 Å². The number of hydrogen-bond donors (Lipinski definition) is 2. The molecule has 0 aliphatic carbocycles. The molecule has 1 atom stereocenters. The second kappa shape index (κ2) is 7.88. The summed E-state index contributed by atoms with van der Waals surface area (Å²) >= 11 is 5.96. The lowest BCUT2D eigenvalue weighted by Gasteiger charge is -2.19. The lowest BCUT2D eigenvalue weighted by molar-refractivity contribution is 0.0937. The van der Waals surface area contributed by atoms with Crippen molar-refractivity contribution in [3.8, 4) is 0 Å². The summed E-state index contributed by atoms with van der Waals surface area (Å²) in [6.45, 7) is -0.147. The highest BCUT2D eigenvalue weighted by molar-refractivity contribution is 6.30. The predicted molar refractivity (Wildman–Crippen MR) is 95.2 cm³/mol. The number of rotatable bonds is 5. The Morgan fingerprint density at radius 3 is 2.60 bits per heavy atom. The van der Waals surface area contributed by atoms with Crippen LogP contribution in [0.3, 0.4) is 0 Å². The van der Waals surface area contributed by atoms with E-state index in [1.165, 1.54) is 6.20 Å². The molecule has 0 saturated carbocycles. The Hall–Kier alpha value is -2.76. The summed E-state index contributed by atoms with van der Waals surface area (Å²) in [5.41, 5.74) is 2.60. The van der Waals surface area contributed by atoms with Gasteiger partial charge in [0.25, 0.3) is 5.91 Å². The second-order valence-corrected chi connectivity index (χ2v) is 5.89. The molecule has 1 unspecified atom stereocenters. The molecule has 2 heterocycles. The minimum atomic E-state index is -0.391. The van der Waals surface area contributed by atoms with Gasteiger partial charge in [0.05, 0.1) is 12.6 Å². The van der Waals surface area contributed by atoms with Crippen LogP contribution in [0.25, 0.3) is 0 Å². The fourth-order valence-electron chi connectivity index (χ4n) is 2.46. The van der Waals surface area contributed by atoms with Crippen LogP contribution in [0, 0.1) is 0 Å². The number of nitrogens with zero attached hydrogens (tertiary/aromatic N) is 2. The highest BCUT2D eigenvalue weighted by Gasteiger charge is 2.19. The molecule has 0 radical (unpaired) electrons. The average molecular weight is 354 g/mol. The van der Waals surface area contributed by atoms with Gasteiger partial charge >= 0.3 is 0 Å². The molecular weight excluding hydrogens is 338 g/mol. The van der Waals surface area contributed by atoms with Crippen molar-refractivity contribution in [2.24, 2.45) is 0 Å². The van der Waals surface area contributed by atoms with Gasteiger partial charge in [-0.05, 0) is 47.0 Å². The van der Waals surface area contributed by atoms with E-state index in [1.54, 1.807) is 36.7 Å². The molecular formula is C19H16ClN3O2. The standard InChI is InChI=1S/C19H16ClN3O2/c20-16-5-3-14(4-6-16)18(15-2-1-8-21-11-15)23-19(25)17-10-13(12-24)7-9-22-17/h1-11,18,24H,12H2,(H,23,25). The molecule has 3 rings (SSSR count). The van der Waals surface area contributed by atoms with Crippen LogP contribution in [0.15, 0.2) is 67.1 Å². The normalized spacial score (nSPS) is 11.8. The predicted octanol–water partition coefficient (Wildman–Crippen LogP) is 3.14. The van der Waals surface area contributed by atoms with Gasteiger partial charge in [-0.25, -0.2) is 0 Å². The van der Waals surface area contributed by atoms with Crippen LogP contribution in [0.5, 0.6) is 0 Å². The number of pyridine rings is 2. The highest BCUT2D eigenvalue weighted by Crippen LogP contribution is 2.23. The molecule has 1 amide bonds. The fourth-order valence-corrected chi connectivity index (χ4v) is 2.59. The molecule has 2 aromatic heterocycles. The molecule has 2 N–H and O–H groups in total. The lowest BCUT2D eigenvalue weighted by atomic mass is 10.00. The zero-order valence-corrected chi connectivity index (χ0v) is 14.0. The molecule has 0 aliphatic rings. The van der Waals surface area contributed by atoms with Crippen molar-refractivity contribution in [1.29, 1.82) is 0 Å². The van der Waals surface area contributed by atoms with E-state index in [2.05, 4.69) is 15.3 Å². The van der Waals surface area contributed by atoms with E-state index in [1.807, 2.05) is 24.3 Å². The molecule has 5 nitrogen and oxygen atoms in total. The SMILES string of the molecule is O=C(NC(c1ccc(Cl)cc1)c1cccnc1)c1cc(CO)ccn1. The first-order chi connectivity index (χ1) is 12.2. The number of benzene rings is 1. The van der Waals surface area contributed by atoms with Crippen molar-refractivity contribution in [3.63, 3.8) is 0 Å². The van der Waals surface area contributed by atoms with E-state index in [9.17, 15) is 9.90 Å². The zero-order valence-electron chi connectivity index (χ0n) is 13.3. The van der Waals surface area contributed by atoms with Gasteiger partial charge in [-0.2, -0.15) is 0 Å². The van der Waals surface area contributed by atoms with E-state index >= 15 is 0 Å². The number of aliphatic hydroxyl groups is 1. The number of aliphatic hydroxyl groups excluding tert-OH is 1. The molecule has 0 spiro atoms. The van der Waals surface area contributed by atoms with Gasteiger partial charge in [-0.15, -0.1) is 0 Å². The van der Waals surface area contributed by atoms with E-state index in [0.29, 0.717) is 10.6 Å². The fraction of sp³-hybridized carbons (Fsp3) is 0.105. The molecule has 0 saturated heterocycles. The Morgan fingerprint density at radius 2 is 1.92 bits per heavy atom. The number of carbonyl (C=O) groups is 1. The highest BCUT2D eigenvalue weighted by atomic mass is 35.5. The summed E-state index contributed by atoms with van der Waals surface area (Å²) in [5.74, 6) is -0.334. The first-order valence-corrected chi connectivity index (χ1v) is 8.07. The molecule has 0 bridgehead atoms. The Morgan fingerprint density at radius 1 is 1.12 bits per heavy atom. The van der Waals surface area contributed by atoms with E-state index in [-0.39, 0.29) is 18.2 Å². The molecule has 25 heavy (non-hydrogen) atoms. The van der Waals surface area contributed by atoms with Crippen LogP contribution in [0.4, 0.5) is 0 Å². The van der Waals surface area contributed by atoms with Gasteiger partial charge in [0.2, 0.25) is 0 Å². The molecule has 126 valence electrons. The first-order valence-electron chi connectivity index (χ1n) is 7.69. The van der Waals surface area contributed by atoms with Crippen molar-refractivity contribution in [1.82, 2.24) is 15.3 Å². The molecule has 3 aromatic rings. The smallest absolute Gasteiger partial charge is 0.270 e. The zero-order chi connectivity index (χ0) is 17.6. The summed E-state index contributed by atoms with van der Waals surface area (Å²) in [6, 6.07) is 13.8. The van der Waals surface area contributed by atoms with Crippen LogP contribution in [-0.4, -0.2) is 21.0 Å². The Labute approximate surface area is 150 Å². The minimum absolute atomic E-state index is 0.147. The quantitative estimate of drug-likeness (QED) is 0.739. The summed E-state index contributed by atoms with van der Waals surface area (Å²) in [7, 11) is 0. The van der Waals surface area contributed by atoms with Gasteiger partial charge in [0.15, 0.2) is 0 Å². The van der Waals surface area contributed by atoms with Crippen molar-refractivity contribution in [3.05, 3.63) is 94.5 Å². The number of hydrogen-bond acceptors (Lipinski definition) is 4. The maximum atomic E-state index is 12.6. The van der Waals surface area contributed by atoms with Crippen LogP contribution in [0.1, 0.15) is 33.2 Å². The third-order valence-electron chi connectivity index (χ3n) is 3.74. The van der Waals surface area contributed by atoms with Crippen molar-refractivity contribution < 1.29 is 9.90 Å². The second-order valence-electron chi connectivity index (χ2n) is 5.45. The minimum Gasteiger partial charge on any atom is -0.392 e. The summed E-state index contributed by atoms with van der Waals surface area (Å²) in [4.78, 5) is 20.8. The monoisotopic (exact) mass is 353 g/mol. The van der Waals surface area contributed by atoms with Crippen molar-refractivity contribution >= 4 is 17.5 Å². The van der Waals surface area contributed by atoms with Crippen molar-refractivity contribution in [2.45, 2.75) is 12.6 Å². The third kappa shape index (κ3) is 4.21. The maximum absolute atomic E-state index is 12.6. The number of amides is 1. The number of aromatic nitrogens is 2. The lowest BCUT2D eigenvalue weighted by Crippen LogP contribution is -2.30. The first kappa shape index (κ1) is 17.1. The summed E-state index contributed by atoms with van der Waals surface area (Å²) in [6.07, 6.45) is 4.88. The van der Waals surface area contributed by atoms with Crippen molar-refractivity contribution in [2.75, 3.05) is 0 Å². The molecule has 0 aliphatic heterocycles. The van der Waals surface area contributed by atoms with Gasteiger partial charge in [-0.3, -0.25) is 14.8 Å². The third-order valence-corrected chi connectivity index (χ3v) is 3.99. The van der Waals surface area contributed by atoms with Gasteiger partial charge < -0.3 is 10.4 Å². The Balaban J connectivity index is 1.92. The van der Waals surface area contributed by atoms with Crippen LogP contribution in [-0.2, 0) is 6.61 Å². The van der Waals surface area contributed by atoms with E-state index in [4.69, 9.17) is 11.6 Å². The topological polar surface area (TPSA) is 75.1 Å². The average Bonchev–Trinajstić information content (AvgIpc) is 2.67. The van der Waals surface area contributed by atoms with Gasteiger partial charge in [0.1, 0.15) is 5.69 Å². The van der Waals surface area contributed by atoms with Crippen LogP contribution >= 0.6 is 11.6 Å². The van der Waals surface area contributed by atoms with Crippen LogP contribution < -0.4 is 5.32 Å². The summed E-state index contributed by atoms with van der Waals surface area (Å²) in [5, 5.41) is 12.8. The number of nitrogens with one attached hydrogen (secondary N) is 1. The largest absolute Gasteiger partial charge is 0.392 e. The summed E-state index contributed by atoms with van der Waals surface area (Å²) < 4.78 is 0. The van der Waals surface area contributed by atoms with Gasteiger partial charge in [-0.1, -0.05) is 29.8 Å². The van der Waals surface area contributed by atoms with Crippen LogP contribution in [0.2, 0.25) is 5.02 Å². The maximum Gasteiger partial charge on any atom is 0.270 e. The molecule has 6 heteroatoms. The van der Waals surface area contributed by atoms with E-state index in [0.717, 1.165) is 11.1 Å². The Kier molecular flexibility index (Phi) is 5.38. The number of carbonyl (C=O) groups excluding carboxylic acids is 1. The number of halogens is 1. The molecule has 0 fully saturated rings. The van der Waals surface area contributed by atoms with Gasteiger partial charge in [0, 0.05) is 23.6 Å². The Bertz CT molecular complexity index is 854.